The van der Waals surface area contributed by atoms with Crippen LogP contribution in [-0.4, -0.2) is 63.1 Å². The molecule has 1 aromatic carbocycles. The van der Waals surface area contributed by atoms with Gasteiger partial charge in [-0.3, -0.25) is 0 Å². The number of aryl methyl sites for hydroxylation is 1. The summed E-state index contributed by atoms with van der Waals surface area (Å²) in [4.78, 5) is 10.8. The number of anilines is 1. The lowest BCUT2D eigenvalue weighted by Crippen LogP contribution is -2.49. The van der Waals surface area contributed by atoms with Gasteiger partial charge in [-0.1, -0.05) is 0 Å². The third-order valence-electron chi connectivity index (χ3n) is 4.98. The van der Waals surface area contributed by atoms with Crippen molar-refractivity contribution in [1.29, 1.82) is 0 Å². The van der Waals surface area contributed by atoms with Crippen molar-refractivity contribution in [2.75, 3.05) is 39.3 Å². The lowest BCUT2D eigenvalue weighted by molar-refractivity contribution is 0.307. The summed E-state index contributed by atoms with van der Waals surface area (Å²) in [5.74, 6) is 1.37. The van der Waals surface area contributed by atoms with Gasteiger partial charge in [-0.05, 0) is 37.5 Å². The maximum absolute atomic E-state index is 13.3. The monoisotopic (exact) mass is 406 g/mol. The van der Waals surface area contributed by atoms with E-state index in [1.165, 1.54) is 24.6 Å². The molecule has 3 rings (SSSR count). The first-order chi connectivity index (χ1) is 13.4. The Morgan fingerprint density at radius 2 is 1.89 bits per heavy atom. The number of ether oxygens (including phenoxy) is 2. The van der Waals surface area contributed by atoms with Gasteiger partial charge in [-0.2, -0.15) is 4.31 Å². The van der Waals surface area contributed by atoms with Crippen molar-refractivity contribution in [2.24, 2.45) is 0 Å². The Bertz CT molecular complexity index is 918. The van der Waals surface area contributed by atoms with Crippen LogP contribution in [0.1, 0.15) is 18.4 Å². The van der Waals surface area contributed by atoms with Gasteiger partial charge in [-0.15, -0.1) is 0 Å². The van der Waals surface area contributed by atoms with Gasteiger partial charge in [0.1, 0.15) is 16.4 Å². The maximum Gasteiger partial charge on any atom is 0.246 e. The number of benzene rings is 1. The van der Waals surface area contributed by atoms with Gasteiger partial charge >= 0.3 is 0 Å². The van der Waals surface area contributed by atoms with E-state index in [9.17, 15) is 8.42 Å². The van der Waals surface area contributed by atoms with Gasteiger partial charge < -0.3 is 14.4 Å². The summed E-state index contributed by atoms with van der Waals surface area (Å²) in [5, 5.41) is 0. The highest BCUT2D eigenvalue weighted by Crippen LogP contribution is 2.32. The molecule has 0 bridgehead atoms. The van der Waals surface area contributed by atoms with Crippen molar-refractivity contribution in [1.82, 2.24) is 14.3 Å². The second-order valence-corrected chi connectivity index (χ2v) is 8.75. The van der Waals surface area contributed by atoms with E-state index in [2.05, 4.69) is 9.97 Å². The first-order valence-electron chi connectivity index (χ1n) is 9.10. The van der Waals surface area contributed by atoms with Crippen molar-refractivity contribution < 1.29 is 17.9 Å². The molecule has 1 aliphatic rings. The Labute approximate surface area is 166 Å². The van der Waals surface area contributed by atoms with E-state index in [0.29, 0.717) is 30.5 Å². The lowest BCUT2D eigenvalue weighted by Gasteiger charge is -2.37. The first-order valence-corrected chi connectivity index (χ1v) is 10.5. The fourth-order valence-corrected chi connectivity index (χ4v) is 5.00. The molecular formula is C19H26N4O4S. The van der Waals surface area contributed by atoms with E-state index in [1.807, 2.05) is 18.9 Å². The number of hydrogen-bond donors (Lipinski definition) is 0. The van der Waals surface area contributed by atoms with Crippen LogP contribution in [0, 0.1) is 6.92 Å². The topological polar surface area (TPSA) is 84.9 Å². The third-order valence-corrected chi connectivity index (χ3v) is 6.86. The molecule has 0 radical (unpaired) electrons. The van der Waals surface area contributed by atoms with Gasteiger partial charge in [-0.25, -0.2) is 18.4 Å². The van der Waals surface area contributed by atoms with Crippen molar-refractivity contribution in [2.45, 2.75) is 30.7 Å². The summed E-state index contributed by atoms with van der Waals surface area (Å²) in [6.45, 7) is 2.75. The van der Waals surface area contributed by atoms with Crippen molar-refractivity contribution in [3.63, 3.8) is 0 Å². The maximum atomic E-state index is 13.3. The average molecular weight is 407 g/mol. The molecular weight excluding hydrogens is 380 g/mol. The first kappa shape index (κ1) is 20.3. The van der Waals surface area contributed by atoms with Crippen LogP contribution in [0.3, 0.4) is 0 Å². The number of sulfonamides is 1. The molecule has 0 spiro atoms. The largest absolute Gasteiger partial charge is 0.497 e. The molecule has 0 N–H and O–H groups in total. The molecule has 0 saturated carbocycles. The van der Waals surface area contributed by atoms with Crippen LogP contribution in [0.25, 0.3) is 0 Å². The van der Waals surface area contributed by atoms with Crippen LogP contribution in [0.2, 0.25) is 0 Å². The number of rotatable bonds is 6. The molecule has 28 heavy (non-hydrogen) atoms. The number of hydrogen-bond acceptors (Lipinski definition) is 7. The van der Waals surface area contributed by atoms with Crippen LogP contribution >= 0.6 is 0 Å². The number of methoxy groups -OCH3 is 2. The highest BCUT2D eigenvalue weighted by atomic mass is 32.2. The van der Waals surface area contributed by atoms with E-state index < -0.39 is 10.0 Å². The summed E-state index contributed by atoms with van der Waals surface area (Å²) in [7, 11) is 1.13. The average Bonchev–Trinajstić information content (AvgIpc) is 2.73. The van der Waals surface area contributed by atoms with Crippen molar-refractivity contribution in [3.8, 4) is 11.5 Å². The van der Waals surface area contributed by atoms with Gasteiger partial charge in [0, 0.05) is 44.6 Å². The summed E-state index contributed by atoms with van der Waals surface area (Å²) in [6, 6.07) is 4.78. The quantitative estimate of drug-likeness (QED) is 0.726. The number of aromatic nitrogens is 2. The molecule has 1 aromatic heterocycles. The molecule has 8 nitrogen and oxygen atoms in total. The fraction of sp³-hybridized carbons (Fsp3) is 0.474. The fourth-order valence-electron chi connectivity index (χ4n) is 3.31. The minimum atomic E-state index is -3.73. The zero-order valence-electron chi connectivity index (χ0n) is 16.6. The van der Waals surface area contributed by atoms with Crippen LogP contribution < -0.4 is 14.4 Å². The van der Waals surface area contributed by atoms with E-state index in [4.69, 9.17) is 9.47 Å². The number of likely N-dealkylation sites (N-methyl/N-ethyl adjacent to an activating group) is 1. The molecule has 2 aromatic rings. The summed E-state index contributed by atoms with van der Waals surface area (Å²) >= 11 is 0. The molecule has 0 amide bonds. The van der Waals surface area contributed by atoms with Gasteiger partial charge in [0.15, 0.2) is 0 Å². The Kier molecular flexibility index (Phi) is 6.04. The molecule has 0 aliphatic carbocycles. The second-order valence-electron chi connectivity index (χ2n) is 6.85. The number of piperidine rings is 1. The molecule has 1 saturated heterocycles. The van der Waals surface area contributed by atoms with E-state index >= 15 is 0 Å². The van der Waals surface area contributed by atoms with Gasteiger partial charge in [0.25, 0.3) is 0 Å². The van der Waals surface area contributed by atoms with Crippen LogP contribution in [0.5, 0.6) is 11.5 Å². The standard InChI is InChI=1S/C19H26N4O4S/c1-14-11-20-19(21-12-14)22(2)15-6-5-9-23(13-15)28(24,25)18-10-16(26-3)7-8-17(18)27-4/h7-8,10-12,15H,5-6,9,13H2,1-4H3. The zero-order valence-corrected chi connectivity index (χ0v) is 17.4. The predicted octanol–water partition coefficient (Wildman–Crippen LogP) is 2.09. The van der Waals surface area contributed by atoms with Crippen LogP contribution in [0.4, 0.5) is 5.95 Å². The van der Waals surface area contributed by atoms with Crippen LogP contribution in [0.15, 0.2) is 35.5 Å². The molecule has 1 unspecified atom stereocenters. The minimum Gasteiger partial charge on any atom is -0.497 e. The predicted molar refractivity (Wildman–Crippen MR) is 106 cm³/mol. The smallest absolute Gasteiger partial charge is 0.246 e. The molecule has 9 heteroatoms. The Morgan fingerprint density at radius 3 is 2.54 bits per heavy atom. The third kappa shape index (κ3) is 4.05. The van der Waals surface area contributed by atoms with E-state index in [-0.39, 0.29) is 10.9 Å². The van der Waals surface area contributed by atoms with Crippen molar-refractivity contribution >= 4 is 16.0 Å². The Hall–Kier alpha value is -2.39. The van der Waals surface area contributed by atoms with Gasteiger partial charge in [0.05, 0.1) is 14.2 Å². The second kappa shape index (κ2) is 8.32. The molecule has 1 atom stereocenters. The summed E-state index contributed by atoms with van der Waals surface area (Å²) in [5.41, 5.74) is 0.982. The Balaban J connectivity index is 1.86. The van der Waals surface area contributed by atoms with Crippen molar-refractivity contribution in [3.05, 3.63) is 36.2 Å². The SMILES string of the molecule is COc1ccc(OC)c(S(=O)(=O)N2CCCC(N(C)c3ncc(C)cn3)C2)c1. The molecule has 1 fully saturated rings. The molecule has 152 valence electrons. The zero-order chi connectivity index (χ0) is 20.3. The van der Waals surface area contributed by atoms with E-state index in [1.54, 1.807) is 24.5 Å². The summed E-state index contributed by atoms with van der Waals surface area (Å²) in [6.07, 6.45) is 5.15. The highest BCUT2D eigenvalue weighted by Gasteiger charge is 2.34. The Morgan fingerprint density at radius 1 is 1.18 bits per heavy atom. The molecule has 1 aliphatic heterocycles. The minimum absolute atomic E-state index is 0.0113. The normalized spacial score (nSPS) is 17.9. The number of nitrogens with zero attached hydrogens (tertiary/aromatic N) is 4. The lowest BCUT2D eigenvalue weighted by atomic mass is 10.1. The van der Waals surface area contributed by atoms with Crippen LogP contribution in [-0.2, 0) is 10.0 Å². The van der Waals surface area contributed by atoms with E-state index in [0.717, 1.165) is 18.4 Å². The van der Waals surface area contributed by atoms with Gasteiger partial charge in [0.2, 0.25) is 16.0 Å². The summed E-state index contributed by atoms with van der Waals surface area (Å²) < 4.78 is 38.6. The molecule has 2 heterocycles. The highest BCUT2D eigenvalue weighted by molar-refractivity contribution is 7.89.